The number of unbranched alkanes of at least 4 members (excludes halogenated alkanes) is 2. The fourth-order valence-corrected chi connectivity index (χ4v) is 2.77. The monoisotopic (exact) mass is 332 g/mol. The Bertz CT molecular complexity index is 598. The number of esters is 1. The quantitative estimate of drug-likeness (QED) is 0.615. The fraction of sp³-hybridized carbons (Fsp3) is 0.500. The minimum absolute atomic E-state index is 0.0484. The number of ether oxygens (including phenoxy) is 1. The molecule has 0 radical (unpaired) electrons. The van der Waals surface area contributed by atoms with E-state index < -0.39 is 5.97 Å². The molecule has 1 aliphatic rings. The number of amides is 2. The van der Waals surface area contributed by atoms with Gasteiger partial charge in [-0.2, -0.15) is 0 Å². The second-order valence-corrected chi connectivity index (χ2v) is 6.01. The summed E-state index contributed by atoms with van der Waals surface area (Å²) in [5, 5.41) is 2.81. The number of likely N-dealkylation sites (tertiary alicyclic amines) is 1. The topological polar surface area (TPSA) is 75.7 Å². The van der Waals surface area contributed by atoms with Crippen LogP contribution in [0.1, 0.15) is 43.0 Å². The molecule has 1 aliphatic heterocycles. The van der Waals surface area contributed by atoms with Crippen LogP contribution in [0.4, 0.5) is 5.69 Å². The van der Waals surface area contributed by atoms with E-state index in [1.165, 1.54) is 7.11 Å². The SMILES string of the molecule is CCCCCN1CC(C(=O)Nc2ccc(C(=O)OC)cc2)CC1=O. The Hall–Kier alpha value is -2.37. The maximum Gasteiger partial charge on any atom is 0.337 e. The molecule has 0 spiro atoms. The van der Waals surface area contributed by atoms with Crippen LogP contribution in [0, 0.1) is 5.92 Å². The first-order valence-electron chi connectivity index (χ1n) is 8.32. The van der Waals surface area contributed by atoms with Gasteiger partial charge in [0.15, 0.2) is 0 Å². The highest BCUT2D eigenvalue weighted by molar-refractivity contribution is 5.97. The van der Waals surface area contributed by atoms with Crippen LogP contribution in [0.15, 0.2) is 24.3 Å². The van der Waals surface area contributed by atoms with Crippen LogP contribution < -0.4 is 5.32 Å². The molecular formula is C18H24N2O4. The molecule has 0 aromatic heterocycles. The van der Waals surface area contributed by atoms with E-state index in [4.69, 9.17) is 0 Å². The highest BCUT2D eigenvalue weighted by Crippen LogP contribution is 2.21. The number of benzene rings is 1. The second-order valence-electron chi connectivity index (χ2n) is 6.01. The van der Waals surface area contributed by atoms with Crippen molar-refractivity contribution in [3.63, 3.8) is 0 Å². The van der Waals surface area contributed by atoms with Crippen molar-refractivity contribution in [1.29, 1.82) is 0 Å². The highest BCUT2D eigenvalue weighted by Gasteiger charge is 2.33. The van der Waals surface area contributed by atoms with Crippen LogP contribution >= 0.6 is 0 Å². The summed E-state index contributed by atoms with van der Waals surface area (Å²) in [4.78, 5) is 37.5. The summed E-state index contributed by atoms with van der Waals surface area (Å²) in [6.45, 7) is 3.33. The summed E-state index contributed by atoms with van der Waals surface area (Å²) in [5.74, 6) is -0.851. The molecule has 1 N–H and O–H groups in total. The van der Waals surface area contributed by atoms with E-state index in [1.54, 1.807) is 29.2 Å². The largest absolute Gasteiger partial charge is 0.465 e. The number of methoxy groups -OCH3 is 1. The molecule has 1 unspecified atom stereocenters. The molecule has 1 atom stereocenters. The minimum Gasteiger partial charge on any atom is -0.465 e. The third kappa shape index (κ3) is 4.57. The lowest BCUT2D eigenvalue weighted by molar-refractivity contribution is -0.128. The van der Waals surface area contributed by atoms with Gasteiger partial charge >= 0.3 is 5.97 Å². The van der Waals surface area contributed by atoms with Gasteiger partial charge in [0.1, 0.15) is 0 Å². The smallest absolute Gasteiger partial charge is 0.337 e. The van der Waals surface area contributed by atoms with Crippen molar-refractivity contribution in [2.45, 2.75) is 32.6 Å². The lowest BCUT2D eigenvalue weighted by atomic mass is 10.1. The molecule has 6 nitrogen and oxygen atoms in total. The van der Waals surface area contributed by atoms with Gasteiger partial charge in [0.25, 0.3) is 0 Å². The van der Waals surface area contributed by atoms with E-state index in [2.05, 4.69) is 17.0 Å². The Morgan fingerprint density at radius 2 is 1.96 bits per heavy atom. The fourth-order valence-electron chi connectivity index (χ4n) is 2.77. The number of rotatable bonds is 7. The molecule has 24 heavy (non-hydrogen) atoms. The van der Waals surface area contributed by atoms with Crippen molar-refractivity contribution in [2.75, 3.05) is 25.5 Å². The lowest BCUT2D eigenvalue weighted by Gasteiger charge is -2.16. The zero-order valence-electron chi connectivity index (χ0n) is 14.2. The van der Waals surface area contributed by atoms with Gasteiger partial charge in [0.05, 0.1) is 18.6 Å². The lowest BCUT2D eigenvalue weighted by Crippen LogP contribution is -2.29. The molecule has 1 saturated heterocycles. The molecule has 1 fully saturated rings. The average molecular weight is 332 g/mol. The van der Waals surface area contributed by atoms with Crippen molar-refractivity contribution in [1.82, 2.24) is 4.90 Å². The molecule has 0 saturated carbocycles. The Balaban J connectivity index is 1.88. The molecule has 0 bridgehead atoms. The first kappa shape index (κ1) is 18.0. The predicted octanol–water partition coefficient (Wildman–Crippen LogP) is 2.45. The number of carbonyl (C=O) groups excluding carboxylic acids is 3. The number of carbonyl (C=O) groups is 3. The Kier molecular flexibility index (Phi) is 6.35. The molecule has 6 heteroatoms. The Labute approximate surface area is 142 Å². The Morgan fingerprint density at radius 1 is 1.25 bits per heavy atom. The third-order valence-electron chi connectivity index (χ3n) is 4.19. The molecule has 0 aliphatic carbocycles. The van der Waals surface area contributed by atoms with E-state index in [0.717, 1.165) is 25.8 Å². The number of hydrogen-bond acceptors (Lipinski definition) is 4. The van der Waals surface area contributed by atoms with Gasteiger partial charge in [-0.3, -0.25) is 9.59 Å². The van der Waals surface area contributed by atoms with Crippen molar-refractivity contribution >= 4 is 23.5 Å². The molecule has 2 rings (SSSR count). The normalized spacial score (nSPS) is 17.0. The van der Waals surface area contributed by atoms with E-state index in [0.29, 0.717) is 17.8 Å². The maximum absolute atomic E-state index is 12.3. The summed E-state index contributed by atoms with van der Waals surface area (Å²) < 4.78 is 4.63. The summed E-state index contributed by atoms with van der Waals surface area (Å²) in [6, 6.07) is 6.50. The molecule has 2 amide bonds. The van der Waals surface area contributed by atoms with Crippen LogP contribution in [0.2, 0.25) is 0 Å². The first-order chi connectivity index (χ1) is 11.5. The summed E-state index contributed by atoms with van der Waals surface area (Å²) >= 11 is 0. The van der Waals surface area contributed by atoms with E-state index >= 15 is 0 Å². The van der Waals surface area contributed by atoms with Crippen LogP contribution in [0.25, 0.3) is 0 Å². The molecular weight excluding hydrogens is 308 g/mol. The first-order valence-corrected chi connectivity index (χ1v) is 8.32. The predicted molar refractivity (Wildman–Crippen MR) is 90.6 cm³/mol. The number of hydrogen-bond donors (Lipinski definition) is 1. The maximum atomic E-state index is 12.3. The summed E-state index contributed by atoms with van der Waals surface area (Å²) in [6.07, 6.45) is 3.43. The molecule has 1 aromatic rings. The Morgan fingerprint density at radius 3 is 2.58 bits per heavy atom. The van der Waals surface area contributed by atoms with Crippen LogP contribution in [-0.2, 0) is 14.3 Å². The van der Waals surface area contributed by atoms with Crippen molar-refractivity contribution < 1.29 is 19.1 Å². The zero-order valence-corrected chi connectivity index (χ0v) is 14.2. The zero-order chi connectivity index (χ0) is 17.5. The summed E-state index contributed by atoms with van der Waals surface area (Å²) in [7, 11) is 1.32. The number of nitrogens with one attached hydrogen (secondary N) is 1. The van der Waals surface area contributed by atoms with Gasteiger partial charge in [-0.25, -0.2) is 4.79 Å². The van der Waals surface area contributed by atoms with Gasteiger partial charge in [-0.15, -0.1) is 0 Å². The molecule has 130 valence electrons. The summed E-state index contributed by atoms with van der Waals surface area (Å²) in [5.41, 5.74) is 1.03. The highest BCUT2D eigenvalue weighted by atomic mass is 16.5. The number of nitrogens with zero attached hydrogens (tertiary/aromatic N) is 1. The minimum atomic E-state index is -0.419. The molecule has 1 heterocycles. The van der Waals surface area contributed by atoms with Gasteiger partial charge in [0, 0.05) is 25.2 Å². The van der Waals surface area contributed by atoms with Gasteiger partial charge in [0.2, 0.25) is 11.8 Å². The molecule has 1 aromatic carbocycles. The van der Waals surface area contributed by atoms with Gasteiger partial charge < -0.3 is 15.0 Å². The average Bonchev–Trinajstić information content (AvgIpc) is 2.96. The van der Waals surface area contributed by atoms with Gasteiger partial charge in [-0.1, -0.05) is 19.8 Å². The van der Waals surface area contributed by atoms with E-state index in [9.17, 15) is 14.4 Å². The second kappa shape index (κ2) is 8.47. The van der Waals surface area contributed by atoms with Crippen LogP contribution in [-0.4, -0.2) is 42.9 Å². The van der Waals surface area contributed by atoms with Crippen LogP contribution in [0.5, 0.6) is 0 Å². The van der Waals surface area contributed by atoms with E-state index in [-0.39, 0.29) is 24.2 Å². The third-order valence-corrected chi connectivity index (χ3v) is 4.19. The standard InChI is InChI=1S/C18H24N2O4/c1-3-4-5-10-20-12-14(11-16(20)21)17(22)19-15-8-6-13(7-9-15)18(23)24-2/h6-9,14H,3-5,10-12H2,1-2H3,(H,19,22). The van der Waals surface area contributed by atoms with Crippen molar-refractivity contribution in [2.24, 2.45) is 5.92 Å². The van der Waals surface area contributed by atoms with Crippen molar-refractivity contribution in [3.8, 4) is 0 Å². The van der Waals surface area contributed by atoms with Gasteiger partial charge in [-0.05, 0) is 30.7 Å². The number of anilines is 1. The van der Waals surface area contributed by atoms with Crippen LogP contribution in [0.3, 0.4) is 0 Å². The van der Waals surface area contributed by atoms with E-state index in [1.807, 2.05) is 0 Å². The van der Waals surface area contributed by atoms with Crippen molar-refractivity contribution in [3.05, 3.63) is 29.8 Å².